The number of fused-ring (bicyclic) bond motifs is 1. The van der Waals surface area contributed by atoms with Crippen molar-refractivity contribution in [3.8, 4) is 5.69 Å². The molecule has 0 spiro atoms. The molecule has 4 rings (SSSR count). The van der Waals surface area contributed by atoms with E-state index in [-0.39, 0.29) is 11.2 Å². The molecule has 6 heteroatoms. The van der Waals surface area contributed by atoms with Crippen molar-refractivity contribution < 1.29 is 4.79 Å². The maximum absolute atomic E-state index is 12.3. The van der Waals surface area contributed by atoms with E-state index < -0.39 is 0 Å². The maximum Gasteiger partial charge on any atom is 0.235 e. The summed E-state index contributed by atoms with van der Waals surface area (Å²) < 4.78 is 2.89. The summed E-state index contributed by atoms with van der Waals surface area (Å²) in [5, 5.41) is 7.87. The lowest BCUT2D eigenvalue weighted by Gasteiger charge is -2.15. The lowest BCUT2D eigenvalue weighted by atomic mass is 10.0. The Labute approximate surface area is 165 Å². The van der Waals surface area contributed by atoms with Crippen LogP contribution in [0, 0.1) is 13.8 Å². The molecule has 1 atom stereocenters. The third-order valence-electron chi connectivity index (χ3n) is 4.46. The molecule has 1 aromatic heterocycles. The topological polar surface area (TPSA) is 46.9 Å². The molecule has 1 amide bonds. The minimum absolute atomic E-state index is 0.00382. The first-order chi connectivity index (χ1) is 12.5. The summed E-state index contributed by atoms with van der Waals surface area (Å²) in [7, 11) is 0. The summed E-state index contributed by atoms with van der Waals surface area (Å²) in [4.78, 5) is 12.3. The van der Waals surface area contributed by atoms with Crippen molar-refractivity contribution in [1.29, 1.82) is 0 Å². The van der Waals surface area contributed by atoms with Gasteiger partial charge in [0, 0.05) is 10.0 Å². The minimum Gasteiger partial charge on any atom is -0.310 e. The van der Waals surface area contributed by atoms with E-state index in [0.29, 0.717) is 5.75 Å². The monoisotopic (exact) mass is 427 g/mol. The molecule has 3 aromatic rings. The van der Waals surface area contributed by atoms with Crippen LogP contribution in [0.4, 0.5) is 5.82 Å². The van der Waals surface area contributed by atoms with Crippen LogP contribution in [0.5, 0.6) is 0 Å². The molecular weight excluding hydrogens is 410 g/mol. The molecule has 132 valence electrons. The second kappa shape index (κ2) is 6.93. The summed E-state index contributed by atoms with van der Waals surface area (Å²) in [6, 6.07) is 16.4. The molecule has 1 N–H and O–H groups in total. The van der Waals surface area contributed by atoms with E-state index in [1.54, 1.807) is 11.8 Å². The predicted octanol–water partition coefficient (Wildman–Crippen LogP) is 5.03. The number of benzene rings is 2. The van der Waals surface area contributed by atoms with Gasteiger partial charge in [-0.2, -0.15) is 5.10 Å². The van der Waals surface area contributed by atoms with Crippen molar-refractivity contribution in [2.75, 3.05) is 11.1 Å². The predicted molar refractivity (Wildman–Crippen MR) is 110 cm³/mol. The van der Waals surface area contributed by atoms with Gasteiger partial charge in [0.15, 0.2) is 0 Å². The van der Waals surface area contributed by atoms with Gasteiger partial charge in [0.2, 0.25) is 5.91 Å². The molecule has 0 saturated carbocycles. The highest BCUT2D eigenvalue weighted by Crippen LogP contribution is 2.43. The molecule has 0 unspecified atom stereocenters. The Morgan fingerprint density at radius 3 is 2.50 bits per heavy atom. The van der Waals surface area contributed by atoms with Gasteiger partial charge in [-0.05, 0) is 43.7 Å². The van der Waals surface area contributed by atoms with Crippen LogP contribution in [0.3, 0.4) is 0 Å². The first-order valence-electron chi connectivity index (χ1n) is 8.36. The number of nitrogens with zero attached hydrogens (tertiary/aromatic N) is 2. The minimum atomic E-state index is 0.00382. The van der Waals surface area contributed by atoms with Crippen LogP contribution >= 0.6 is 27.7 Å². The molecule has 0 aliphatic carbocycles. The zero-order valence-electron chi connectivity index (χ0n) is 14.5. The highest BCUT2D eigenvalue weighted by molar-refractivity contribution is 9.10. The van der Waals surface area contributed by atoms with E-state index in [2.05, 4.69) is 52.4 Å². The van der Waals surface area contributed by atoms with E-state index in [0.717, 1.165) is 27.2 Å². The van der Waals surface area contributed by atoms with Gasteiger partial charge in [-0.3, -0.25) is 4.79 Å². The van der Waals surface area contributed by atoms with Gasteiger partial charge in [0.25, 0.3) is 0 Å². The number of hydrogen-bond acceptors (Lipinski definition) is 3. The summed E-state index contributed by atoms with van der Waals surface area (Å²) in [6.07, 6.45) is 0. The van der Waals surface area contributed by atoms with Crippen molar-refractivity contribution in [2.24, 2.45) is 0 Å². The first kappa shape index (κ1) is 17.4. The van der Waals surface area contributed by atoms with Crippen LogP contribution in [-0.2, 0) is 4.79 Å². The Morgan fingerprint density at radius 2 is 1.81 bits per heavy atom. The van der Waals surface area contributed by atoms with E-state index in [1.165, 1.54) is 11.1 Å². The number of carbonyl (C=O) groups excluding carboxylic acids is 1. The van der Waals surface area contributed by atoms with Gasteiger partial charge in [0.1, 0.15) is 5.82 Å². The molecule has 2 heterocycles. The van der Waals surface area contributed by atoms with E-state index in [9.17, 15) is 4.79 Å². The molecule has 2 aromatic carbocycles. The number of amides is 1. The second-order valence-corrected chi connectivity index (χ2v) is 8.39. The third-order valence-corrected chi connectivity index (χ3v) is 6.26. The number of halogens is 1. The van der Waals surface area contributed by atoms with Crippen LogP contribution < -0.4 is 5.32 Å². The highest BCUT2D eigenvalue weighted by Gasteiger charge is 2.30. The number of rotatable bonds is 2. The molecule has 4 nitrogen and oxygen atoms in total. The molecule has 0 radical (unpaired) electrons. The van der Waals surface area contributed by atoms with E-state index in [4.69, 9.17) is 5.10 Å². The lowest BCUT2D eigenvalue weighted by Crippen LogP contribution is -2.15. The van der Waals surface area contributed by atoms with Crippen molar-refractivity contribution in [1.82, 2.24) is 9.78 Å². The number of aryl methyl sites for hydroxylation is 2. The standard InChI is InChI=1S/C20H18BrN3OS/c1-12-3-9-16(10-4-12)24-20-18(13(2)23-24)19(26-11-17(25)22-20)14-5-7-15(21)8-6-14/h3-10,19H,11H2,1-2H3,(H,22,25)/t19-/m1/s1. The molecule has 1 aliphatic heterocycles. The average molecular weight is 428 g/mol. The molecule has 0 fully saturated rings. The number of hydrogen-bond donors (Lipinski definition) is 1. The number of aromatic nitrogens is 2. The Morgan fingerprint density at radius 1 is 1.12 bits per heavy atom. The van der Waals surface area contributed by atoms with Crippen LogP contribution in [0.2, 0.25) is 0 Å². The van der Waals surface area contributed by atoms with Crippen LogP contribution in [0.1, 0.15) is 27.6 Å². The number of anilines is 1. The number of thioether (sulfide) groups is 1. The normalized spacial score (nSPS) is 16.7. The van der Waals surface area contributed by atoms with Gasteiger partial charge in [-0.25, -0.2) is 4.68 Å². The molecule has 1 aliphatic rings. The first-order valence-corrected chi connectivity index (χ1v) is 10.2. The third kappa shape index (κ3) is 3.19. The summed E-state index contributed by atoms with van der Waals surface area (Å²) in [6.45, 7) is 4.06. The number of nitrogens with one attached hydrogen (secondary N) is 1. The van der Waals surface area contributed by atoms with Crippen molar-refractivity contribution in [3.05, 3.63) is 75.4 Å². The Hall–Kier alpha value is -2.05. The quantitative estimate of drug-likeness (QED) is 0.623. The van der Waals surface area contributed by atoms with Gasteiger partial charge < -0.3 is 5.32 Å². The van der Waals surface area contributed by atoms with E-state index in [1.807, 2.05) is 35.9 Å². The van der Waals surface area contributed by atoms with Crippen LogP contribution in [0.25, 0.3) is 5.69 Å². The smallest absolute Gasteiger partial charge is 0.235 e. The number of carbonyl (C=O) groups is 1. The molecule has 26 heavy (non-hydrogen) atoms. The highest BCUT2D eigenvalue weighted by atomic mass is 79.9. The lowest BCUT2D eigenvalue weighted by molar-refractivity contribution is -0.113. The Kier molecular flexibility index (Phi) is 4.63. The van der Waals surface area contributed by atoms with Crippen LogP contribution in [0.15, 0.2) is 53.0 Å². The zero-order valence-corrected chi connectivity index (χ0v) is 16.9. The van der Waals surface area contributed by atoms with Crippen molar-refractivity contribution >= 4 is 39.4 Å². The summed E-state index contributed by atoms with van der Waals surface area (Å²) in [5.74, 6) is 1.20. The second-order valence-electron chi connectivity index (χ2n) is 6.39. The Balaban J connectivity index is 1.87. The fraction of sp³-hybridized carbons (Fsp3) is 0.200. The van der Waals surface area contributed by atoms with Crippen molar-refractivity contribution in [3.63, 3.8) is 0 Å². The fourth-order valence-electron chi connectivity index (χ4n) is 3.16. The fourth-order valence-corrected chi connectivity index (χ4v) is 4.61. The largest absolute Gasteiger partial charge is 0.310 e. The molecule has 0 bridgehead atoms. The maximum atomic E-state index is 12.3. The van der Waals surface area contributed by atoms with Gasteiger partial charge >= 0.3 is 0 Å². The SMILES string of the molecule is Cc1ccc(-n2nc(C)c3c2NC(=O)CS[C@@H]3c2ccc(Br)cc2)cc1. The van der Waals surface area contributed by atoms with Crippen molar-refractivity contribution in [2.45, 2.75) is 19.1 Å². The molecule has 0 saturated heterocycles. The van der Waals surface area contributed by atoms with Crippen LogP contribution in [-0.4, -0.2) is 21.4 Å². The Bertz CT molecular complexity index is 964. The molecular formula is C20H18BrN3OS. The summed E-state index contributed by atoms with van der Waals surface area (Å²) >= 11 is 5.13. The van der Waals surface area contributed by atoms with Gasteiger partial charge in [-0.1, -0.05) is 45.8 Å². The zero-order chi connectivity index (χ0) is 18.3. The van der Waals surface area contributed by atoms with E-state index >= 15 is 0 Å². The van der Waals surface area contributed by atoms with Gasteiger partial charge in [-0.15, -0.1) is 11.8 Å². The summed E-state index contributed by atoms with van der Waals surface area (Å²) in [5.41, 5.74) is 5.31. The van der Waals surface area contributed by atoms with Gasteiger partial charge in [0.05, 0.1) is 22.4 Å². The average Bonchev–Trinajstić information content (AvgIpc) is 2.83.